The Labute approximate surface area is 412 Å². The molecule has 2 aliphatic carbocycles. The van der Waals surface area contributed by atoms with Gasteiger partial charge in [-0.15, -0.1) is 6.58 Å². The standard InChI is InChI=1S/C56H83N3O10/c1-4-7-8-9-10-11-12-13-14-21-32-57-54(62)67-44-30-31-49-47(39-44)52-45(28-19-23-35-61)43(27-18-22-34-60)38-46-48(58-69-51-29-20-24-37-64-51)40-50(56(68-49,53(46)52)66-36-6-3)59(33-5-2)55(63)65-41-42-25-16-15-17-26-42/h6,15-17,25-26,30-31,38-39,43,45,50-53,60-61H,3-5,7-14,18-24,27-29,32-37,40-41H2,1-2H3,(H,57,62). The first-order chi connectivity index (χ1) is 33.9. The fourth-order valence-corrected chi connectivity index (χ4v) is 11.0. The second-order valence-electron chi connectivity index (χ2n) is 19.4. The van der Waals surface area contributed by atoms with Crippen molar-refractivity contribution in [3.05, 3.63) is 84.0 Å². The molecule has 69 heavy (non-hydrogen) atoms. The molecule has 1 saturated heterocycles. The Balaban J connectivity index is 1.38. The van der Waals surface area contributed by atoms with Crippen LogP contribution in [0.15, 0.2) is 78.0 Å². The molecule has 2 aromatic carbocycles. The van der Waals surface area contributed by atoms with Gasteiger partial charge in [0.25, 0.3) is 0 Å². The molecule has 2 amide bonds. The van der Waals surface area contributed by atoms with Crippen LogP contribution in [0.25, 0.3) is 0 Å². The molecule has 2 heterocycles. The van der Waals surface area contributed by atoms with Gasteiger partial charge in [0.1, 0.15) is 24.1 Å². The maximum Gasteiger partial charge on any atom is 0.412 e. The van der Waals surface area contributed by atoms with Crippen molar-refractivity contribution >= 4 is 17.9 Å². The van der Waals surface area contributed by atoms with Gasteiger partial charge in [-0.2, -0.15) is 0 Å². The summed E-state index contributed by atoms with van der Waals surface area (Å²) in [5, 5.41) is 27.9. The second-order valence-corrected chi connectivity index (χ2v) is 19.4. The second kappa shape index (κ2) is 29.0. The molecule has 3 N–H and O–H groups in total. The topological polar surface area (TPSA) is 158 Å². The smallest absolute Gasteiger partial charge is 0.412 e. The number of nitrogens with zero attached hydrogens (tertiary/aromatic N) is 2. The number of allylic oxidation sites excluding steroid dienone is 1. The summed E-state index contributed by atoms with van der Waals surface area (Å²) in [6.07, 6.45) is 22.7. The van der Waals surface area contributed by atoms with Crippen LogP contribution >= 0.6 is 0 Å². The average Bonchev–Trinajstić information content (AvgIpc) is 3.37. The number of hydrogen-bond acceptors (Lipinski definition) is 11. The Kier molecular flexibility index (Phi) is 22.7. The Bertz CT molecular complexity index is 1920. The zero-order chi connectivity index (χ0) is 48.7. The highest BCUT2D eigenvalue weighted by atomic mass is 16.8. The molecule has 1 saturated carbocycles. The van der Waals surface area contributed by atoms with Crippen molar-refractivity contribution in [1.82, 2.24) is 10.2 Å². The van der Waals surface area contributed by atoms with Gasteiger partial charge in [0.2, 0.25) is 12.1 Å². The number of fused-ring (bicyclic) bond motifs is 2. The van der Waals surface area contributed by atoms with Crippen LogP contribution < -0.4 is 14.8 Å². The first-order valence-electron chi connectivity index (χ1n) is 26.7. The van der Waals surface area contributed by atoms with Gasteiger partial charge in [0.05, 0.1) is 24.8 Å². The van der Waals surface area contributed by atoms with E-state index in [-0.39, 0.29) is 50.6 Å². The van der Waals surface area contributed by atoms with Gasteiger partial charge >= 0.3 is 12.2 Å². The number of unbranched alkanes of at least 4 members (excludes halogenated alkanes) is 11. The lowest BCUT2D eigenvalue weighted by Gasteiger charge is -2.59. The maximum atomic E-state index is 14.6. The van der Waals surface area contributed by atoms with E-state index in [1.165, 1.54) is 44.9 Å². The Hall–Kier alpha value is -4.43. The molecule has 0 spiro atoms. The highest BCUT2D eigenvalue weighted by Gasteiger charge is 2.65. The van der Waals surface area contributed by atoms with Crippen LogP contribution in [0.2, 0.25) is 0 Å². The summed E-state index contributed by atoms with van der Waals surface area (Å²) < 4.78 is 32.6. The minimum atomic E-state index is -1.45. The zero-order valence-electron chi connectivity index (χ0n) is 41.8. The number of nitrogens with one attached hydrogen (secondary N) is 1. The van der Waals surface area contributed by atoms with E-state index >= 15 is 0 Å². The van der Waals surface area contributed by atoms with Crippen molar-refractivity contribution in [2.24, 2.45) is 22.9 Å². The maximum absolute atomic E-state index is 14.6. The van der Waals surface area contributed by atoms with Crippen molar-refractivity contribution in [3.63, 3.8) is 0 Å². The SMILES string of the molecule is C=CCOC12Oc3ccc(OC(=O)NCCCCCCCCCCCC)cc3C3C(CCCCO)C(CCCCO)C=C(C(=NOC4CCCCO4)CC1N(CCC)C(=O)OCc1ccccc1)C32. The molecule has 2 aliphatic heterocycles. The molecule has 382 valence electrons. The predicted octanol–water partition coefficient (Wildman–Crippen LogP) is 11.9. The van der Waals surface area contributed by atoms with Crippen LogP contribution in [0.3, 0.4) is 0 Å². The van der Waals surface area contributed by atoms with Crippen LogP contribution in [0, 0.1) is 17.8 Å². The summed E-state index contributed by atoms with van der Waals surface area (Å²) in [6.45, 7) is 10.2. The van der Waals surface area contributed by atoms with E-state index in [1.54, 1.807) is 17.0 Å². The van der Waals surface area contributed by atoms with Crippen LogP contribution in [0.1, 0.15) is 166 Å². The fraction of sp³-hybridized carbons (Fsp3) is 0.661. The number of aliphatic hydroxyl groups is 2. The third kappa shape index (κ3) is 15.0. The van der Waals surface area contributed by atoms with Gasteiger partial charge in [-0.1, -0.05) is 132 Å². The van der Waals surface area contributed by atoms with Crippen molar-refractivity contribution in [2.75, 3.05) is 39.5 Å². The van der Waals surface area contributed by atoms with Crippen molar-refractivity contribution < 1.29 is 48.3 Å². The number of carbonyl (C=O) groups is 2. The van der Waals surface area contributed by atoms with Crippen LogP contribution in [-0.2, 0) is 25.7 Å². The number of ether oxygens (including phenoxy) is 5. The minimum Gasteiger partial charge on any atom is -0.459 e. The van der Waals surface area contributed by atoms with E-state index < -0.39 is 36.2 Å². The van der Waals surface area contributed by atoms with Crippen molar-refractivity contribution in [1.29, 1.82) is 0 Å². The lowest BCUT2D eigenvalue weighted by atomic mass is 9.55. The molecule has 0 radical (unpaired) electrons. The van der Waals surface area contributed by atoms with Gasteiger partial charge in [-0.3, -0.25) is 4.90 Å². The average molecular weight is 958 g/mol. The lowest BCUT2D eigenvalue weighted by molar-refractivity contribution is -0.255. The quantitative estimate of drug-likeness (QED) is 0.0391. The summed E-state index contributed by atoms with van der Waals surface area (Å²) in [6, 6.07) is 14.5. The molecule has 0 bridgehead atoms. The molecule has 7 unspecified atom stereocenters. The van der Waals surface area contributed by atoms with Crippen molar-refractivity contribution in [3.8, 4) is 11.5 Å². The molecule has 0 aromatic heterocycles. The summed E-state index contributed by atoms with van der Waals surface area (Å²) in [5.74, 6) is -1.22. The number of benzene rings is 2. The van der Waals surface area contributed by atoms with E-state index in [0.29, 0.717) is 62.6 Å². The molecule has 13 heteroatoms. The van der Waals surface area contributed by atoms with Gasteiger partial charge in [0, 0.05) is 50.6 Å². The third-order valence-corrected chi connectivity index (χ3v) is 14.4. The molecule has 7 atom stereocenters. The summed E-state index contributed by atoms with van der Waals surface area (Å²) in [7, 11) is 0. The number of carbonyl (C=O) groups excluding carboxylic acids is 2. The first kappa shape index (κ1) is 53.9. The van der Waals surface area contributed by atoms with Crippen LogP contribution in [0.5, 0.6) is 11.5 Å². The van der Waals surface area contributed by atoms with Crippen LogP contribution in [-0.4, -0.2) is 90.6 Å². The highest BCUT2D eigenvalue weighted by molar-refractivity contribution is 6.03. The molecule has 4 aliphatic rings. The predicted molar refractivity (Wildman–Crippen MR) is 269 cm³/mol. The van der Waals surface area contributed by atoms with E-state index in [2.05, 4.69) is 24.9 Å². The Morgan fingerprint density at radius 3 is 2.33 bits per heavy atom. The van der Waals surface area contributed by atoms with Gasteiger partial charge in [-0.05, 0) is 92.5 Å². The molecular weight excluding hydrogens is 875 g/mol. The number of oxime groups is 1. The highest BCUT2D eigenvalue weighted by Crippen LogP contribution is 2.62. The number of amides is 2. The van der Waals surface area contributed by atoms with E-state index in [4.69, 9.17) is 33.7 Å². The van der Waals surface area contributed by atoms with E-state index in [0.717, 1.165) is 74.5 Å². The van der Waals surface area contributed by atoms with Gasteiger partial charge in [0.15, 0.2) is 0 Å². The molecular formula is C56H83N3O10. The van der Waals surface area contributed by atoms with Gasteiger partial charge < -0.3 is 44.1 Å². The third-order valence-electron chi connectivity index (χ3n) is 14.4. The fourth-order valence-electron chi connectivity index (χ4n) is 11.0. The minimum absolute atomic E-state index is 0.00557. The summed E-state index contributed by atoms with van der Waals surface area (Å²) >= 11 is 0. The van der Waals surface area contributed by atoms with Crippen molar-refractivity contribution in [2.45, 2.75) is 179 Å². The summed E-state index contributed by atoms with van der Waals surface area (Å²) in [4.78, 5) is 36.1. The largest absolute Gasteiger partial charge is 0.459 e. The number of rotatable bonds is 30. The molecule has 2 fully saturated rings. The van der Waals surface area contributed by atoms with Gasteiger partial charge in [-0.25, -0.2) is 9.59 Å². The number of hydrogen-bond donors (Lipinski definition) is 3. The Morgan fingerprint density at radius 1 is 0.899 bits per heavy atom. The normalized spacial score (nSPS) is 24.3. The zero-order valence-corrected chi connectivity index (χ0v) is 41.8. The van der Waals surface area contributed by atoms with Crippen LogP contribution in [0.4, 0.5) is 9.59 Å². The first-order valence-corrected chi connectivity index (χ1v) is 26.7. The summed E-state index contributed by atoms with van der Waals surface area (Å²) in [5.41, 5.74) is 3.35. The lowest BCUT2D eigenvalue weighted by Crippen LogP contribution is -2.70. The Morgan fingerprint density at radius 2 is 1.64 bits per heavy atom. The monoisotopic (exact) mass is 958 g/mol. The molecule has 2 aromatic rings. The molecule has 13 nitrogen and oxygen atoms in total. The molecule has 6 rings (SSSR count). The number of aliphatic hydroxyl groups excluding tert-OH is 2. The van der Waals surface area contributed by atoms with E-state index in [9.17, 15) is 19.8 Å². The van der Waals surface area contributed by atoms with E-state index in [1.807, 2.05) is 49.4 Å².